The average molecular weight is 314 g/mol. The van der Waals surface area contributed by atoms with Crippen LogP contribution < -0.4 is 0 Å². The van der Waals surface area contributed by atoms with Gasteiger partial charge in [0.25, 0.3) is 0 Å². The standard InChI is InChI=1S/C19H23FN2O/c20-16-8-4-7-15-18-11-21-12-22(18)17(19(15)16)10-14(23)9-13-5-2-1-3-6-13/h4,7-8,11-14,17,23H,1-3,5-6,9-10H2. The van der Waals surface area contributed by atoms with E-state index in [1.165, 1.54) is 38.2 Å². The van der Waals surface area contributed by atoms with E-state index in [1.807, 2.05) is 10.6 Å². The maximum Gasteiger partial charge on any atom is 0.129 e. The first-order chi connectivity index (χ1) is 11.2. The van der Waals surface area contributed by atoms with Crippen LogP contribution in [0.3, 0.4) is 0 Å². The molecule has 2 unspecified atom stereocenters. The molecule has 1 fully saturated rings. The van der Waals surface area contributed by atoms with Crippen molar-refractivity contribution in [1.29, 1.82) is 0 Å². The van der Waals surface area contributed by atoms with Crippen molar-refractivity contribution in [2.75, 3.05) is 0 Å². The second-order valence-corrected chi connectivity index (χ2v) is 7.03. The van der Waals surface area contributed by atoms with Gasteiger partial charge in [0.05, 0.1) is 30.4 Å². The fourth-order valence-electron chi connectivity index (χ4n) is 4.39. The van der Waals surface area contributed by atoms with Crippen LogP contribution in [0.25, 0.3) is 11.3 Å². The van der Waals surface area contributed by atoms with Crippen LogP contribution in [0.2, 0.25) is 0 Å². The fourth-order valence-corrected chi connectivity index (χ4v) is 4.39. The van der Waals surface area contributed by atoms with Crippen molar-refractivity contribution in [2.24, 2.45) is 5.92 Å². The SMILES string of the molecule is OC(CC1CCCCC1)CC1c2c(F)cccc2-c2cncn21. The van der Waals surface area contributed by atoms with E-state index in [1.54, 1.807) is 18.6 Å². The van der Waals surface area contributed by atoms with Gasteiger partial charge in [-0.15, -0.1) is 0 Å². The molecule has 2 heterocycles. The normalized spacial score (nSPS) is 21.9. The first-order valence-electron chi connectivity index (χ1n) is 8.72. The molecule has 1 aliphatic heterocycles. The molecular formula is C19H23FN2O. The Bertz CT molecular complexity index is 690. The van der Waals surface area contributed by atoms with Gasteiger partial charge >= 0.3 is 0 Å². The van der Waals surface area contributed by atoms with Crippen molar-refractivity contribution in [3.05, 3.63) is 42.1 Å². The Balaban J connectivity index is 1.55. The molecule has 1 aromatic carbocycles. The number of aliphatic hydroxyl groups is 1. The van der Waals surface area contributed by atoms with Gasteiger partial charge < -0.3 is 9.67 Å². The number of nitrogens with zero attached hydrogens (tertiary/aromatic N) is 2. The first-order valence-corrected chi connectivity index (χ1v) is 8.72. The molecule has 2 aliphatic rings. The molecule has 3 nitrogen and oxygen atoms in total. The summed E-state index contributed by atoms with van der Waals surface area (Å²) in [6.45, 7) is 0. The topological polar surface area (TPSA) is 38.1 Å². The van der Waals surface area contributed by atoms with Crippen molar-refractivity contribution in [3.8, 4) is 11.3 Å². The highest BCUT2D eigenvalue weighted by molar-refractivity contribution is 5.69. The van der Waals surface area contributed by atoms with Crippen molar-refractivity contribution >= 4 is 0 Å². The Morgan fingerprint density at radius 3 is 2.87 bits per heavy atom. The monoisotopic (exact) mass is 314 g/mol. The lowest BCUT2D eigenvalue weighted by Crippen LogP contribution is -2.20. The molecule has 1 saturated carbocycles. The zero-order valence-electron chi connectivity index (χ0n) is 13.3. The highest BCUT2D eigenvalue weighted by Crippen LogP contribution is 2.43. The van der Waals surface area contributed by atoms with Gasteiger partial charge in [0, 0.05) is 11.1 Å². The molecule has 23 heavy (non-hydrogen) atoms. The molecule has 0 bridgehead atoms. The quantitative estimate of drug-likeness (QED) is 0.913. The number of imidazole rings is 1. The lowest BCUT2D eigenvalue weighted by atomic mass is 9.84. The van der Waals surface area contributed by atoms with E-state index < -0.39 is 0 Å². The van der Waals surface area contributed by atoms with Crippen LogP contribution in [0.5, 0.6) is 0 Å². The number of benzene rings is 1. The molecular weight excluding hydrogens is 291 g/mol. The average Bonchev–Trinajstić information content (AvgIpc) is 3.12. The highest BCUT2D eigenvalue weighted by atomic mass is 19.1. The van der Waals surface area contributed by atoms with Crippen LogP contribution in [0.15, 0.2) is 30.7 Å². The van der Waals surface area contributed by atoms with Crippen LogP contribution in [0.4, 0.5) is 4.39 Å². The zero-order valence-corrected chi connectivity index (χ0v) is 13.3. The number of aliphatic hydroxyl groups excluding tert-OH is 1. The Morgan fingerprint density at radius 1 is 1.22 bits per heavy atom. The summed E-state index contributed by atoms with van der Waals surface area (Å²) in [4.78, 5) is 4.20. The summed E-state index contributed by atoms with van der Waals surface area (Å²) in [5, 5.41) is 10.6. The first kappa shape index (κ1) is 14.9. The van der Waals surface area contributed by atoms with Crippen LogP contribution in [0.1, 0.15) is 56.6 Å². The molecule has 1 N–H and O–H groups in total. The van der Waals surface area contributed by atoms with E-state index in [-0.39, 0.29) is 18.0 Å². The number of halogens is 1. The van der Waals surface area contributed by atoms with Crippen LogP contribution in [-0.2, 0) is 0 Å². The Labute approximate surface area is 136 Å². The Hall–Kier alpha value is -1.68. The minimum atomic E-state index is -0.385. The maximum atomic E-state index is 14.4. The molecule has 2 atom stereocenters. The largest absolute Gasteiger partial charge is 0.393 e. The van der Waals surface area contributed by atoms with Crippen molar-refractivity contribution in [3.63, 3.8) is 0 Å². The van der Waals surface area contributed by atoms with Gasteiger partial charge in [-0.3, -0.25) is 0 Å². The third-order valence-corrected chi connectivity index (χ3v) is 5.49. The molecule has 122 valence electrons. The van der Waals surface area contributed by atoms with E-state index >= 15 is 0 Å². The van der Waals surface area contributed by atoms with E-state index in [2.05, 4.69) is 4.98 Å². The number of fused-ring (bicyclic) bond motifs is 3. The smallest absolute Gasteiger partial charge is 0.129 e. The van der Waals surface area contributed by atoms with Gasteiger partial charge in [0.1, 0.15) is 5.82 Å². The van der Waals surface area contributed by atoms with Crippen LogP contribution in [-0.4, -0.2) is 20.8 Å². The second kappa shape index (κ2) is 6.08. The number of rotatable bonds is 4. The van der Waals surface area contributed by atoms with Gasteiger partial charge in [-0.25, -0.2) is 9.37 Å². The second-order valence-electron chi connectivity index (χ2n) is 7.03. The van der Waals surface area contributed by atoms with Crippen molar-refractivity contribution < 1.29 is 9.50 Å². The Kier molecular flexibility index (Phi) is 3.93. The van der Waals surface area contributed by atoms with Crippen molar-refractivity contribution in [1.82, 2.24) is 9.55 Å². The zero-order chi connectivity index (χ0) is 15.8. The molecule has 0 amide bonds. The summed E-state index contributed by atoms with van der Waals surface area (Å²) in [5.74, 6) is 0.448. The van der Waals surface area contributed by atoms with Crippen molar-refractivity contribution in [2.45, 2.75) is 57.1 Å². The number of aromatic nitrogens is 2. The van der Waals surface area contributed by atoms with Gasteiger partial charge in [0.2, 0.25) is 0 Å². The number of hydrogen-bond donors (Lipinski definition) is 1. The molecule has 1 aromatic heterocycles. The summed E-state index contributed by atoms with van der Waals surface area (Å²) in [5.41, 5.74) is 2.58. The predicted octanol–water partition coefficient (Wildman–Crippen LogP) is 4.31. The van der Waals surface area contributed by atoms with Gasteiger partial charge in [-0.2, -0.15) is 0 Å². The van der Waals surface area contributed by atoms with E-state index in [4.69, 9.17) is 0 Å². The van der Waals surface area contributed by atoms with Gasteiger partial charge in [-0.05, 0) is 24.8 Å². The molecule has 2 aromatic rings. The van der Waals surface area contributed by atoms with E-state index in [0.717, 1.165) is 17.7 Å². The van der Waals surface area contributed by atoms with E-state index in [9.17, 15) is 9.50 Å². The molecule has 4 rings (SSSR count). The lowest BCUT2D eigenvalue weighted by molar-refractivity contribution is 0.111. The van der Waals surface area contributed by atoms with Gasteiger partial charge in [-0.1, -0.05) is 44.2 Å². The molecule has 1 aliphatic carbocycles. The molecule has 0 radical (unpaired) electrons. The summed E-state index contributed by atoms with van der Waals surface area (Å²) >= 11 is 0. The molecule has 0 spiro atoms. The van der Waals surface area contributed by atoms with E-state index in [0.29, 0.717) is 17.9 Å². The lowest BCUT2D eigenvalue weighted by Gasteiger charge is -2.26. The minimum Gasteiger partial charge on any atom is -0.393 e. The minimum absolute atomic E-state index is 0.137. The van der Waals surface area contributed by atoms with Crippen LogP contribution >= 0.6 is 0 Å². The maximum absolute atomic E-state index is 14.4. The molecule has 0 saturated heterocycles. The third-order valence-electron chi connectivity index (χ3n) is 5.49. The van der Waals surface area contributed by atoms with Gasteiger partial charge in [0.15, 0.2) is 0 Å². The van der Waals surface area contributed by atoms with Crippen LogP contribution in [0, 0.1) is 11.7 Å². The fraction of sp³-hybridized carbons (Fsp3) is 0.526. The summed E-state index contributed by atoms with van der Waals surface area (Å²) in [6.07, 6.45) is 10.9. The summed E-state index contributed by atoms with van der Waals surface area (Å²) < 4.78 is 16.4. The summed E-state index contributed by atoms with van der Waals surface area (Å²) in [7, 11) is 0. The third kappa shape index (κ3) is 2.69. The Morgan fingerprint density at radius 2 is 2.04 bits per heavy atom. The highest BCUT2D eigenvalue weighted by Gasteiger charge is 2.33. The summed E-state index contributed by atoms with van der Waals surface area (Å²) in [6, 6.07) is 5.06. The molecule has 4 heteroatoms. The number of hydrogen-bond acceptors (Lipinski definition) is 2. The predicted molar refractivity (Wildman–Crippen MR) is 87.6 cm³/mol.